The molecule has 0 saturated heterocycles. The topological polar surface area (TPSA) is 89.9 Å². The Morgan fingerprint density at radius 3 is 2.67 bits per heavy atom. The van der Waals surface area contributed by atoms with E-state index in [0.29, 0.717) is 0 Å². The van der Waals surface area contributed by atoms with Crippen LogP contribution in [0.2, 0.25) is 0 Å². The first-order chi connectivity index (χ1) is 8.45. The monoisotopic (exact) mass is 256 g/mol. The summed E-state index contributed by atoms with van der Waals surface area (Å²) >= 11 is 0. The molecule has 0 saturated carbocycles. The Labute approximate surface area is 103 Å². The van der Waals surface area contributed by atoms with Gasteiger partial charge in [0.15, 0.2) is 0 Å². The standard InChI is InChI=1S/C11H13FN2O4/c1-14(4-5-15)11(18)13-9-6-7(12)2-3-8(9)10(16)17/h2-3,6,15H,4-5H2,1H3,(H,13,18)(H,16,17). The number of hydrogen-bond donors (Lipinski definition) is 3. The van der Waals surface area contributed by atoms with Gasteiger partial charge in [0.2, 0.25) is 0 Å². The Morgan fingerprint density at radius 2 is 2.11 bits per heavy atom. The lowest BCUT2D eigenvalue weighted by molar-refractivity contribution is 0.0698. The van der Waals surface area contributed by atoms with Crippen molar-refractivity contribution < 1.29 is 24.2 Å². The van der Waals surface area contributed by atoms with Gasteiger partial charge in [0.1, 0.15) is 5.82 Å². The number of carboxylic acid groups (broad SMARTS) is 1. The molecule has 1 rings (SSSR count). The van der Waals surface area contributed by atoms with Crippen LogP contribution in [0.15, 0.2) is 18.2 Å². The fraction of sp³-hybridized carbons (Fsp3) is 0.273. The number of hydrogen-bond acceptors (Lipinski definition) is 3. The van der Waals surface area contributed by atoms with Crippen LogP contribution in [0.4, 0.5) is 14.9 Å². The number of aromatic carboxylic acids is 1. The summed E-state index contributed by atoms with van der Waals surface area (Å²) < 4.78 is 13.0. The van der Waals surface area contributed by atoms with Gasteiger partial charge in [-0.2, -0.15) is 0 Å². The number of nitrogens with zero attached hydrogens (tertiary/aromatic N) is 1. The fourth-order valence-electron chi connectivity index (χ4n) is 1.27. The van der Waals surface area contributed by atoms with E-state index in [9.17, 15) is 14.0 Å². The van der Waals surface area contributed by atoms with Gasteiger partial charge >= 0.3 is 12.0 Å². The third kappa shape index (κ3) is 3.42. The van der Waals surface area contributed by atoms with Crippen molar-refractivity contribution in [2.75, 3.05) is 25.5 Å². The number of nitrogens with one attached hydrogen (secondary N) is 1. The molecular formula is C11H13FN2O4. The summed E-state index contributed by atoms with van der Waals surface area (Å²) in [5, 5.41) is 19.8. The maximum Gasteiger partial charge on any atom is 0.337 e. The lowest BCUT2D eigenvalue weighted by atomic mass is 10.2. The van der Waals surface area contributed by atoms with Crippen LogP contribution in [0.3, 0.4) is 0 Å². The number of rotatable bonds is 4. The minimum absolute atomic E-state index is 0.0869. The zero-order chi connectivity index (χ0) is 13.7. The van der Waals surface area contributed by atoms with E-state index in [2.05, 4.69) is 5.32 Å². The molecule has 0 heterocycles. The van der Waals surface area contributed by atoms with E-state index in [0.717, 1.165) is 23.1 Å². The Kier molecular flexibility index (Phi) is 4.61. The summed E-state index contributed by atoms with van der Waals surface area (Å²) in [6, 6.07) is 2.36. The molecule has 0 spiro atoms. The second-order valence-corrected chi connectivity index (χ2v) is 3.57. The zero-order valence-corrected chi connectivity index (χ0v) is 9.68. The summed E-state index contributed by atoms with van der Waals surface area (Å²) in [5.74, 6) is -1.92. The molecule has 0 aromatic heterocycles. The van der Waals surface area contributed by atoms with Crippen LogP contribution < -0.4 is 5.32 Å². The van der Waals surface area contributed by atoms with Gasteiger partial charge < -0.3 is 20.4 Å². The number of aliphatic hydroxyl groups excluding tert-OH is 1. The largest absolute Gasteiger partial charge is 0.478 e. The predicted octanol–water partition coefficient (Wildman–Crippen LogP) is 0.980. The number of likely N-dealkylation sites (N-methyl/N-ethyl adjacent to an activating group) is 1. The number of carbonyl (C=O) groups is 2. The van der Waals surface area contributed by atoms with E-state index in [1.165, 1.54) is 7.05 Å². The van der Waals surface area contributed by atoms with Crippen LogP contribution in [0, 0.1) is 5.82 Å². The minimum Gasteiger partial charge on any atom is -0.478 e. The number of benzene rings is 1. The fourth-order valence-corrected chi connectivity index (χ4v) is 1.27. The highest BCUT2D eigenvalue weighted by atomic mass is 19.1. The molecule has 0 aliphatic rings. The molecule has 98 valence electrons. The molecule has 0 atom stereocenters. The van der Waals surface area contributed by atoms with Gasteiger partial charge in [0.25, 0.3) is 0 Å². The lowest BCUT2D eigenvalue weighted by Crippen LogP contribution is -2.33. The average molecular weight is 256 g/mol. The second kappa shape index (κ2) is 5.97. The van der Waals surface area contributed by atoms with Gasteiger partial charge in [0, 0.05) is 13.6 Å². The third-order valence-electron chi connectivity index (χ3n) is 2.24. The van der Waals surface area contributed by atoms with Crippen molar-refractivity contribution in [2.45, 2.75) is 0 Å². The number of aliphatic hydroxyl groups is 1. The van der Waals surface area contributed by atoms with Crippen molar-refractivity contribution in [1.29, 1.82) is 0 Å². The van der Waals surface area contributed by atoms with Gasteiger partial charge in [-0.1, -0.05) is 0 Å². The van der Waals surface area contributed by atoms with Crippen LogP contribution in [0.25, 0.3) is 0 Å². The molecule has 0 aliphatic heterocycles. The van der Waals surface area contributed by atoms with Crippen LogP contribution in [0.5, 0.6) is 0 Å². The van der Waals surface area contributed by atoms with Crippen LogP contribution in [0.1, 0.15) is 10.4 Å². The normalized spacial score (nSPS) is 9.94. The Balaban J connectivity index is 2.92. The van der Waals surface area contributed by atoms with Gasteiger partial charge in [-0.25, -0.2) is 14.0 Å². The third-order valence-corrected chi connectivity index (χ3v) is 2.24. The van der Waals surface area contributed by atoms with Crippen LogP contribution in [-0.2, 0) is 0 Å². The zero-order valence-electron chi connectivity index (χ0n) is 9.68. The smallest absolute Gasteiger partial charge is 0.337 e. The Hall–Kier alpha value is -2.15. The molecule has 7 heteroatoms. The van der Waals surface area contributed by atoms with Crippen molar-refractivity contribution >= 4 is 17.7 Å². The van der Waals surface area contributed by atoms with E-state index < -0.39 is 17.8 Å². The van der Waals surface area contributed by atoms with Gasteiger partial charge in [-0.15, -0.1) is 0 Å². The Morgan fingerprint density at radius 1 is 1.44 bits per heavy atom. The van der Waals surface area contributed by atoms with Gasteiger partial charge in [-0.3, -0.25) is 0 Å². The van der Waals surface area contributed by atoms with Crippen molar-refractivity contribution in [3.63, 3.8) is 0 Å². The quantitative estimate of drug-likeness (QED) is 0.749. The second-order valence-electron chi connectivity index (χ2n) is 3.57. The molecule has 0 aliphatic carbocycles. The molecule has 0 fully saturated rings. The van der Waals surface area contributed by atoms with E-state index >= 15 is 0 Å². The summed E-state index contributed by atoms with van der Waals surface area (Å²) in [6.45, 7) is -0.136. The van der Waals surface area contributed by atoms with Crippen LogP contribution >= 0.6 is 0 Å². The Bertz CT molecular complexity index is 464. The maximum absolute atomic E-state index is 13.0. The van der Waals surface area contributed by atoms with Crippen molar-refractivity contribution in [3.05, 3.63) is 29.6 Å². The number of carbonyl (C=O) groups excluding carboxylic acids is 1. The number of amides is 2. The minimum atomic E-state index is -1.27. The van der Waals surface area contributed by atoms with E-state index in [1.807, 2.05) is 0 Å². The molecule has 18 heavy (non-hydrogen) atoms. The van der Waals surface area contributed by atoms with Crippen LogP contribution in [-0.4, -0.2) is 47.3 Å². The summed E-state index contributed by atoms with van der Waals surface area (Å²) in [4.78, 5) is 23.6. The van der Waals surface area contributed by atoms with Crippen molar-refractivity contribution in [3.8, 4) is 0 Å². The van der Waals surface area contributed by atoms with Gasteiger partial charge in [-0.05, 0) is 18.2 Å². The maximum atomic E-state index is 13.0. The number of anilines is 1. The highest BCUT2D eigenvalue weighted by Crippen LogP contribution is 2.17. The van der Waals surface area contributed by atoms with Crippen molar-refractivity contribution in [2.24, 2.45) is 0 Å². The molecule has 3 N–H and O–H groups in total. The number of carboxylic acids is 1. The molecule has 0 unspecified atom stereocenters. The highest BCUT2D eigenvalue weighted by molar-refractivity contribution is 5.99. The first kappa shape index (κ1) is 13.9. The first-order valence-corrected chi connectivity index (χ1v) is 5.11. The molecule has 1 aromatic carbocycles. The summed E-state index contributed by atoms with van der Waals surface area (Å²) in [7, 11) is 1.42. The first-order valence-electron chi connectivity index (χ1n) is 5.11. The average Bonchev–Trinajstić information content (AvgIpc) is 2.28. The molecule has 6 nitrogen and oxygen atoms in total. The summed E-state index contributed by atoms with van der Waals surface area (Å²) in [6.07, 6.45) is 0. The number of urea groups is 1. The highest BCUT2D eigenvalue weighted by Gasteiger charge is 2.15. The van der Waals surface area contributed by atoms with Gasteiger partial charge in [0.05, 0.1) is 17.9 Å². The van der Waals surface area contributed by atoms with Crippen molar-refractivity contribution in [1.82, 2.24) is 4.90 Å². The molecule has 2 amide bonds. The SMILES string of the molecule is CN(CCO)C(=O)Nc1cc(F)ccc1C(=O)O. The predicted molar refractivity (Wildman–Crippen MR) is 62.1 cm³/mol. The number of halogens is 1. The summed E-state index contributed by atoms with van der Waals surface area (Å²) in [5.41, 5.74) is -0.334. The lowest BCUT2D eigenvalue weighted by Gasteiger charge is -2.17. The van der Waals surface area contributed by atoms with E-state index in [-0.39, 0.29) is 24.4 Å². The molecule has 0 bridgehead atoms. The van der Waals surface area contributed by atoms with E-state index in [1.54, 1.807) is 0 Å². The molecule has 0 radical (unpaired) electrons. The van der Waals surface area contributed by atoms with E-state index in [4.69, 9.17) is 10.2 Å². The molecule has 1 aromatic rings. The molecular weight excluding hydrogens is 243 g/mol.